The fraction of sp³-hybridized carbons (Fsp3) is 0.174. The second-order valence-electron chi connectivity index (χ2n) is 6.57. The Bertz CT molecular complexity index is 1130. The fourth-order valence-corrected chi connectivity index (χ4v) is 3.09. The summed E-state index contributed by atoms with van der Waals surface area (Å²) < 4.78 is 12.0. The van der Waals surface area contributed by atoms with Gasteiger partial charge in [-0.05, 0) is 49.7 Å². The minimum atomic E-state index is -0.643. The molecule has 3 rings (SSSR count). The Balaban J connectivity index is 1.79. The quantitative estimate of drug-likeness (QED) is 0.633. The number of nitrogens with one attached hydrogen (secondary N) is 1. The predicted molar refractivity (Wildman–Crippen MR) is 112 cm³/mol. The molecule has 0 aliphatic heterocycles. The van der Waals surface area contributed by atoms with E-state index in [2.05, 4.69) is 11.4 Å². The molecule has 0 atom stereocenters. The molecule has 1 heterocycles. The summed E-state index contributed by atoms with van der Waals surface area (Å²) in [5, 5.41) is 12.3. The van der Waals surface area contributed by atoms with E-state index in [4.69, 9.17) is 9.47 Å². The summed E-state index contributed by atoms with van der Waals surface area (Å²) in [4.78, 5) is 24.7. The first-order valence-electron chi connectivity index (χ1n) is 9.24. The maximum atomic E-state index is 12.5. The van der Waals surface area contributed by atoms with Crippen molar-refractivity contribution in [3.05, 3.63) is 77.0 Å². The second-order valence-corrected chi connectivity index (χ2v) is 6.57. The zero-order valence-corrected chi connectivity index (χ0v) is 16.9. The van der Waals surface area contributed by atoms with Crippen molar-refractivity contribution < 1.29 is 19.1 Å². The minimum absolute atomic E-state index is 0.277. The topological polar surface area (TPSA) is 93.3 Å². The Morgan fingerprint density at radius 3 is 2.50 bits per heavy atom. The van der Waals surface area contributed by atoms with Crippen molar-refractivity contribution in [3.8, 4) is 17.5 Å². The highest BCUT2D eigenvalue weighted by Crippen LogP contribution is 2.29. The maximum absolute atomic E-state index is 12.5. The molecule has 1 N–H and O–H groups in total. The van der Waals surface area contributed by atoms with Crippen LogP contribution in [0.25, 0.3) is 5.69 Å². The lowest BCUT2D eigenvalue weighted by Gasteiger charge is -2.13. The van der Waals surface area contributed by atoms with E-state index in [1.165, 1.54) is 13.2 Å². The summed E-state index contributed by atoms with van der Waals surface area (Å²) in [6.45, 7) is 3.21. The zero-order chi connectivity index (χ0) is 21.7. The molecular weight excluding hydrogens is 382 g/mol. The lowest BCUT2D eigenvalue weighted by molar-refractivity contribution is -0.119. The number of aromatic nitrogens is 1. The van der Waals surface area contributed by atoms with Crippen LogP contribution in [0.15, 0.2) is 54.6 Å². The molecule has 0 radical (unpaired) electrons. The molecule has 7 heteroatoms. The third-order valence-electron chi connectivity index (χ3n) is 4.74. The normalized spacial score (nSPS) is 10.2. The number of esters is 1. The summed E-state index contributed by atoms with van der Waals surface area (Å²) in [6.07, 6.45) is 0. The third kappa shape index (κ3) is 4.18. The van der Waals surface area contributed by atoms with Gasteiger partial charge in [0.15, 0.2) is 6.61 Å². The average Bonchev–Trinajstić information content (AvgIpc) is 3.01. The van der Waals surface area contributed by atoms with E-state index in [-0.39, 0.29) is 5.56 Å². The van der Waals surface area contributed by atoms with Crippen LogP contribution in [0.3, 0.4) is 0 Å². The van der Waals surface area contributed by atoms with E-state index < -0.39 is 18.5 Å². The molecule has 2 aromatic carbocycles. The third-order valence-corrected chi connectivity index (χ3v) is 4.74. The number of benzene rings is 2. The molecule has 0 saturated carbocycles. The SMILES string of the molecule is COc1cccc(C(=O)OCC(=O)Nc2c(C#N)c(C)c(C)n2-c2ccccc2)c1. The molecule has 0 spiro atoms. The number of nitriles is 1. The standard InChI is InChI=1S/C23H21N3O4/c1-15-16(2)26(18-9-5-4-6-10-18)22(20(15)13-24)25-21(27)14-30-23(28)17-8-7-11-19(12-17)29-3/h4-12H,14H2,1-3H3,(H,25,27). The number of rotatable bonds is 6. The number of carbonyl (C=O) groups excluding carboxylic acids is 2. The summed E-state index contributed by atoms with van der Waals surface area (Å²) in [5.74, 6) is -0.326. The molecule has 3 aromatic rings. The summed E-state index contributed by atoms with van der Waals surface area (Å²) in [5.41, 5.74) is 3.05. The van der Waals surface area contributed by atoms with Gasteiger partial charge in [0, 0.05) is 11.4 Å². The van der Waals surface area contributed by atoms with Crippen molar-refractivity contribution >= 4 is 17.7 Å². The first-order chi connectivity index (χ1) is 14.5. The Morgan fingerprint density at radius 1 is 1.10 bits per heavy atom. The first kappa shape index (κ1) is 20.7. The van der Waals surface area contributed by atoms with Gasteiger partial charge in [0.25, 0.3) is 5.91 Å². The smallest absolute Gasteiger partial charge is 0.338 e. The van der Waals surface area contributed by atoms with Gasteiger partial charge in [-0.3, -0.25) is 9.36 Å². The van der Waals surface area contributed by atoms with Gasteiger partial charge >= 0.3 is 5.97 Å². The van der Waals surface area contributed by atoms with Crippen molar-refractivity contribution in [2.24, 2.45) is 0 Å². The Hall–Kier alpha value is -4.05. The van der Waals surface area contributed by atoms with Crippen LogP contribution in [0.4, 0.5) is 5.82 Å². The summed E-state index contributed by atoms with van der Waals surface area (Å²) >= 11 is 0. The molecule has 0 aliphatic carbocycles. The van der Waals surface area contributed by atoms with Crippen molar-refractivity contribution in [1.82, 2.24) is 4.57 Å². The van der Waals surface area contributed by atoms with Crippen LogP contribution >= 0.6 is 0 Å². The van der Waals surface area contributed by atoms with Crippen LogP contribution < -0.4 is 10.1 Å². The molecule has 0 unspecified atom stereocenters. The lowest BCUT2D eigenvalue weighted by atomic mass is 10.2. The number of para-hydroxylation sites is 1. The number of ether oxygens (including phenoxy) is 2. The van der Waals surface area contributed by atoms with Crippen LogP contribution in [0.1, 0.15) is 27.2 Å². The molecule has 30 heavy (non-hydrogen) atoms. The first-order valence-corrected chi connectivity index (χ1v) is 9.24. The van der Waals surface area contributed by atoms with Gasteiger partial charge in [-0.2, -0.15) is 5.26 Å². The van der Waals surface area contributed by atoms with E-state index >= 15 is 0 Å². The van der Waals surface area contributed by atoms with Gasteiger partial charge in [0.1, 0.15) is 17.6 Å². The highest BCUT2D eigenvalue weighted by molar-refractivity contribution is 5.96. The van der Waals surface area contributed by atoms with Crippen LogP contribution in [0.2, 0.25) is 0 Å². The molecule has 1 aromatic heterocycles. The van der Waals surface area contributed by atoms with Gasteiger partial charge in [-0.1, -0.05) is 24.3 Å². The number of nitrogens with zero attached hydrogens (tertiary/aromatic N) is 2. The highest BCUT2D eigenvalue weighted by atomic mass is 16.5. The summed E-state index contributed by atoms with van der Waals surface area (Å²) in [7, 11) is 1.50. The van der Waals surface area contributed by atoms with E-state index in [0.717, 1.165) is 16.9 Å². The van der Waals surface area contributed by atoms with Gasteiger partial charge < -0.3 is 14.8 Å². The zero-order valence-electron chi connectivity index (χ0n) is 16.9. The molecule has 7 nitrogen and oxygen atoms in total. The van der Waals surface area contributed by atoms with E-state index in [0.29, 0.717) is 17.1 Å². The van der Waals surface area contributed by atoms with Crippen molar-refractivity contribution in [2.45, 2.75) is 13.8 Å². The molecular formula is C23H21N3O4. The maximum Gasteiger partial charge on any atom is 0.338 e. The second kappa shape index (κ2) is 8.97. The number of amides is 1. The number of carbonyl (C=O) groups is 2. The van der Waals surface area contributed by atoms with Crippen molar-refractivity contribution in [3.63, 3.8) is 0 Å². The molecule has 0 fully saturated rings. The van der Waals surface area contributed by atoms with Crippen LogP contribution in [0.5, 0.6) is 5.75 Å². The van der Waals surface area contributed by atoms with E-state index in [1.807, 2.05) is 44.2 Å². The minimum Gasteiger partial charge on any atom is -0.497 e. The van der Waals surface area contributed by atoms with Gasteiger partial charge in [-0.25, -0.2) is 4.79 Å². The Labute approximate surface area is 174 Å². The summed E-state index contributed by atoms with van der Waals surface area (Å²) in [6, 6.07) is 18.0. The largest absolute Gasteiger partial charge is 0.497 e. The molecule has 0 saturated heterocycles. The van der Waals surface area contributed by atoms with Crippen molar-refractivity contribution in [1.29, 1.82) is 5.26 Å². The molecule has 1 amide bonds. The van der Waals surface area contributed by atoms with Crippen LogP contribution in [-0.2, 0) is 9.53 Å². The monoisotopic (exact) mass is 403 g/mol. The Kier molecular flexibility index (Phi) is 6.18. The highest BCUT2D eigenvalue weighted by Gasteiger charge is 2.21. The molecule has 152 valence electrons. The lowest BCUT2D eigenvalue weighted by Crippen LogP contribution is -2.23. The average molecular weight is 403 g/mol. The van der Waals surface area contributed by atoms with E-state index in [9.17, 15) is 14.9 Å². The number of hydrogen-bond acceptors (Lipinski definition) is 5. The number of methoxy groups -OCH3 is 1. The number of anilines is 1. The van der Waals surface area contributed by atoms with Crippen LogP contribution in [-0.4, -0.2) is 30.2 Å². The number of hydrogen-bond donors (Lipinski definition) is 1. The predicted octanol–water partition coefficient (Wildman–Crippen LogP) is 3.77. The van der Waals surface area contributed by atoms with Gasteiger partial charge in [0.05, 0.1) is 18.2 Å². The van der Waals surface area contributed by atoms with Gasteiger partial charge in [-0.15, -0.1) is 0 Å². The Morgan fingerprint density at radius 2 is 1.83 bits per heavy atom. The van der Waals surface area contributed by atoms with Crippen molar-refractivity contribution in [2.75, 3.05) is 19.0 Å². The molecule has 0 bridgehead atoms. The molecule has 0 aliphatic rings. The van der Waals surface area contributed by atoms with E-state index in [1.54, 1.807) is 22.8 Å². The fourth-order valence-electron chi connectivity index (χ4n) is 3.09. The van der Waals surface area contributed by atoms with Gasteiger partial charge in [0.2, 0.25) is 0 Å². The van der Waals surface area contributed by atoms with Crippen LogP contribution in [0, 0.1) is 25.2 Å².